The van der Waals surface area contributed by atoms with Gasteiger partial charge in [-0.15, -0.1) is 0 Å². The van der Waals surface area contributed by atoms with E-state index in [1.165, 1.54) is 4.90 Å². The van der Waals surface area contributed by atoms with Gasteiger partial charge in [0.15, 0.2) is 0 Å². The molecule has 5 nitrogen and oxygen atoms in total. The van der Waals surface area contributed by atoms with Gasteiger partial charge in [0.25, 0.3) is 5.91 Å². The summed E-state index contributed by atoms with van der Waals surface area (Å²) in [6, 6.07) is 7.41. The SMILES string of the molecule is CCN(CC(=O)N(C)C)C(=O)c1cccc(CCN)c1. The fourth-order valence-corrected chi connectivity index (χ4v) is 1.84. The van der Waals surface area contributed by atoms with E-state index in [2.05, 4.69) is 0 Å². The Bertz CT molecular complexity index is 472. The fraction of sp³-hybridized carbons (Fsp3) is 0.467. The minimum absolute atomic E-state index is 0.0849. The minimum Gasteiger partial charge on any atom is -0.347 e. The molecule has 2 amide bonds. The van der Waals surface area contributed by atoms with E-state index < -0.39 is 0 Å². The molecule has 0 aliphatic carbocycles. The Balaban J connectivity index is 2.85. The molecule has 20 heavy (non-hydrogen) atoms. The molecule has 0 aliphatic heterocycles. The molecule has 110 valence electrons. The quantitative estimate of drug-likeness (QED) is 0.834. The zero-order chi connectivity index (χ0) is 15.1. The molecule has 0 saturated heterocycles. The van der Waals surface area contributed by atoms with E-state index in [9.17, 15) is 9.59 Å². The molecule has 0 saturated carbocycles. The van der Waals surface area contributed by atoms with Crippen molar-refractivity contribution >= 4 is 11.8 Å². The van der Waals surface area contributed by atoms with Crippen LogP contribution in [0, 0.1) is 0 Å². The maximum absolute atomic E-state index is 12.4. The monoisotopic (exact) mass is 277 g/mol. The summed E-state index contributed by atoms with van der Waals surface area (Å²) in [5.41, 5.74) is 7.16. The van der Waals surface area contributed by atoms with Gasteiger partial charge >= 0.3 is 0 Å². The van der Waals surface area contributed by atoms with Crippen LogP contribution < -0.4 is 5.73 Å². The second-order valence-electron chi connectivity index (χ2n) is 4.85. The first-order valence-electron chi connectivity index (χ1n) is 6.78. The van der Waals surface area contributed by atoms with Crippen LogP contribution in [0.2, 0.25) is 0 Å². The second-order valence-corrected chi connectivity index (χ2v) is 4.85. The first kappa shape index (κ1) is 16.2. The van der Waals surface area contributed by atoms with Crippen LogP contribution in [-0.2, 0) is 11.2 Å². The van der Waals surface area contributed by atoms with Crippen molar-refractivity contribution in [1.82, 2.24) is 9.80 Å². The predicted octanol–water partition coefficient (Wildman–Crippen LogP) is 0.738. The van der Waals surface area contributed by atoms with Crippen LogP contribution in [0.15, 0.2) is 24.3 Å². The molecule has 0 radical (unpaired) electrons. The molecule has 1 aromatic carbocycles. The summed E-state index contributed by atoms with van der Waals surface area (Å²) in [4.78, 5) is 27.2. The number of carbonyl (C=O) groups excluding carboxylic acids is 2. The van der Waals surface area contributed by atoms with Gasteiger partial charge in [0.2, 0.25) is 5.91 Å². The van der Waals surface area contributed by atoms with Crippen molar-refractivity contribution in [3.63, 3.8) is 0 Å². The lowest BCUT2D eigenvalue weighted by Gasteiger charge is -2.22. The van der Waals surface area contributed by atoms with Crippen LogP contribution >= 0.6 is 0 Å². The highest BCUT2D eigenvalue weighted by Gasteiger charge is 2.18. The topological polar surface area (TPSA) is 66.6 Å². The molecular formula is C15H23N3O2. The normalized spacial score (nSPS) is 10.2. The minimum atomic E-state index is -0.124. The third-order valence-corrected chi connectivity index (χ3v) is 3.10. The van der Waals surface area contributed by atoms with E-state index in [0.29, 0.717) is 18.7 Å². The van der Waals surface area contributed by atoms with Crippen molar-refractivity contribution in [2.75, 3.05) is 33.7 Å². The molecule has 0 unspecified atom stereocenters. The zero-order valence-corrected chi connectivity index (χ0v) is 12.4. The van der Waals surface area contributed by atoms with Gasteiger partial charge in [-0.25, -0.2) is 0 Å². The Labute approximate surface area is 120 Å². The van der Waals surface area contributed by atoms with Gasteiger partial charge in [0.05, 0.1) is 6.54 Å². The number of likely N-dealkylation sites (N-methyl/N-ethyl adjacent to an activating group) is 2. The maximum atomic E-state index is 12.4. The van der Waals surface area contributed by atoms with E-state index in [1.54, 1.807) is 25.1 Å². The molecule has 1 rings (SSSR count). The Hall–Kier alpha value is -1.88. The fourth-order valence-electron chi connectivity index (χ4n) is 1.84. The van der Waals surface area contributed by atoms with E-state index >= 15 is 0 Å². The summed E-state index contributed by atoms with van der Waals surface area (Å²) in [5, 5.41) is 0. The van der Waals surface area contributed by atoms with E-state index in [0.717, 1.165) is 12.0 Å². The molecule has 0 aromatic heterocycles. The number of rotatable bonds is 6. The van der Waals surface area contributed by atoms with Gasteiger partial charge in [-0.3, -0.25) is 9.59 Å². The Kier molecular flexibility index (Phi) is 6.18. The standard InChI is InChI=1S/C15H23N3O2/c1-4-18(11-14(19)17(2)3)15(20)13-7-5-6-12(10-13)8-9-16/h5-7,10H,4,8-9,11,16H2,1-3H3. The summed E-state index contributed by atoms with van der Waals surface area (Å²) in [6.45, 7) is 3.02. The highest BCUT2D eigenvalue weighted by atomic mass is 16.2. The molecular weight excluding hydrogens is 254 g/mol. The lowest BCUT2D eigenvalue weighted by Crippen LogP contribution is -2.40. The van der Waals surface area contributed by atoms with E-state index in [1.807, 2.05) is 25.1 Å². The van der Waals surface area contributed by atoms with Gasteiger partial charge < -0.3 is 15.5 Å². The summed E-state index contributed by atoms with van der Waals surface area (Å²) in [5.74, 6) is -0.208. The molecule has 1 aromatic rings. The number of amides is 2. The second kappa shape index (κ2) is 7.65. The highest BCUT2D eigenvalue weighted by Crippen LogP contribution is 2.09. The predicted molar refractivity (Wildman–Crippen MR) is 79.5 cm³/mol. The molecule has 0 fully saturated rings. The van der Waals surface area contributed by atoms with Gasteiger partial charge in [-0.1, -0.05) is 12.1 Å². The Morgan fingerprint density at radius 1 is 1.25 bits per heavy atom. The smallest absolute Gasteiger partial charge is 0.254 e. The van der Waals surface area contributed by atoms with Gasteiger partial charge in [-0.05, 0) is 37.6 Å². The van der Waals surface area contributed by atoms with Crippen LogP contribution in [-0.4, -0.2) is 55.3 Å². The average molecular weight is 277 g/mol. The number of carbonyl (C=O) groups is 2. The largest absolute Gasteiger partial charge is 0.347 e. The first-order chi connectivity index (χ1) is 9.49. The van der Waals surface area contributed by atoms with Crippen molar-refractivity contribution in [2.45, 2.75) is 13.3 Å². The van der Waals surface area contributed by atoms with Crippen LogP contribution in [0.25, 0.3) is 0 Å². The lowest BCUT2D eigenvalue weighted by atomic mass is 10.1. The molecule has 5 heteroatoms. The maximum Gasteiger partial charge on any atom is 0.254 e. The number of hydrogen-bond acceptors (Lipinski definition) is 3. The van der Waals surface area contributed by atoms with Crippen LogP contribution in [0.5, 0.6) is 0 Å². The number of nitrogens with two attached hydrogens (primary N) is 1. The number of hydrogen-bond donors (Lipinski definition) is 1. The van der Waals surface area contributed by atoms with E-state index in [4.69, 9.17) is 5.73 Å². The first-order valence-corrected chi connectivity index (χ1v) is 6.78. The molecule has 0 bridgehead atoms. The summed E-state index contributed by atoms with van der Waals surface area (Å²) < 4.78 is 0. The third kappa shape index (κ3) is 4.35. The molecule has 0 heterocycles. The van der Waals surface area contributed by atoms with Gasteiger partial charge in [-0.2, -0.15) is 0 Å². The average Bonchev–Trinajstić information content (AvgIpc) is 2.44. The summed E-state index contributed by atoms with van der Waals surface area (Å²) >= 11 is 0. The van der Waals surface area contributed by atoms with Crippen molar-refractivity contribution in [3.05, 3.63) is 35.4 Å². The van der Waals surface area contributed by atoms with Gasteiger partial charge in [0.1, 0.15) is 0 Å². The summed E-state index contributed by atoms with van der Waals surface area (Å²) in [7, 11) is 3.37. The van der Waals surface area contributed by atoms with Gasteiger partial charge in [0, 0.05) is 26.2 Å². The van der Waals surface area contributed by atoms with Crippen molar-refractivity contribution in [3.8, 4) is 0 Å². The third-order valence-electron chi connectivity index (χ3n) is 3.10. The molecule has 0 aliphatic rings. The zero-order valence-electron chi connectivity index (χ0n) is 12.4. The van der Waals surface area contributed by atoms with Crippen molar-refractivity contribution in [1.29, 1.82) is 0 Å². The Morgan fingerprint density at radius 3 is 2.50 bits per heavy atom. The molecule has 0 atom stereocenters. The Morgan fingerprint density at radius 2 is 1.95 bits per heavy atom. The lowest BCUT2D eigenvalue weighted by molar-refractivity contribution is -0.129. The van der Waals surface area contributed by atoms with Crippen molar-refractivity contribution < 1.29 is 9.59 Å². The molecule has 2 N–H and O–H groups in total. The van der Waals surface area contributed by atoms with Crippen molar-refractivity contribution in [2.24, 2.45) is 5.73 Å². The highest BCUT2D eigenvalue weighted by molar-refractivity contribution is 5.96. The summed E-state index contributed by atoms with van der Waals surface area (Å²) in [6.07, 6.45) is 0.740. The van der Waals surface area contributed by atoms with E-state index in [-0.39, 0.29) is 18.4 Å². The van der Waals surface area contributed by atoms with Crippen LogP contribution in [0.3, 0.4) is 0 Å². The van der Waals surface area contributed by atoms with Crippen LogP contribution in [0.4, 0.5) is 0 Å². The number of nitrogens with zero attached hydrogens (tertiary/aromatic N) is 2. The molecule has 0 spiro atoms. The number of benzene rings is 1. The van der Waals surface area contributed by atoms with Crippen LogP contribution in [0.1, 0.15) is 22.8 Å².